The fraction of sp³-hybridized carbons (Fsp3) is 0.308. The first-order chi connectivity index (χ1) is 8.82. The molecule has 1 aromatic carbocycles. The molecule has 0 aliphatic carbocycles. The van der Waals surface area contributed by atoms with Gasteiger partial charge in [0.2, 0.25) is 5.91 Å². The van der Waals surface area contributed by atoms with Crippen LogP contribution in [0.1, 0.15) is 12.0 Å². The van der Waals surface area contributed by atoms with E-state index in [0.29, 0.717) is 12.1 Å². The summed E-state index contributed by atoms with van der Waals surface area (Å²) < 4.78 is 50.6. The number of halogens is 4. The number of amides is 1. The van der Waals surface area contributed by atoms with Crippen molar-refractivity contribution in [1.29, 1.82) is 0 Å². The molecule has 1 aliphatic heterocycles. The van der Waals surface area contributed by atoms with Crippen molar-refractivity contribution in [2.75, 3.05) is 11.4 Å². The van der Waals surface area contributed by atoms with Crippen LogP contribution in [0.5, 0.6) is 0 Å². The van der Waals surface area contributed by atoms with Gasteiger partial charge >= 0.3 is 6.18 Å². The van der Waals surface area contributed by atoms with Crippen molar-refractivity contribution < 1.29 is 22.4 Å². The molecule has 1 heterocycles. The van der Waals surface area contributed by atoms with Gasteiger partial charge in [0.1, 0.15) is 5.82 Å². The fourth-order valence-electron chi connectivity index (χ4n) is 1.97. The van der Waals surface area contributed by atoms with Gasteiger partial charge in [-0.2, -0.15) is 13.2 Å². The molecule has 2 rings (SSSR count). The Labute approximate surface area is 107 Å². The minimum atomic E-state index is -4.75. The van der Waals surface area contributed by atoms with Gasteiger partial charge < -0.3 is 4.90 Å². The van der Waals surface area contributed by atoms with E-state index in [1.54, 1.807) is 0 Å². The smallest absolute Gasteiger partial charge is 0.311 e. The molecule has 6 heteroatoms. The van der Waals surface area contributed by atoms with Crippen molar-refractivity contribution in [1.82, 2.24) is 0 Å². The van der Waals surface area contributed by atoms with E-state index in [1.165, 1.54) is 4.90 Å². The number of carbonyl (C=O) groups is 1. The van der Waals surface area contributed by atoms with Crippen LogP contribution >= 0.6 is 0 Å². The lowest BCUT2D eigenvalue weighted by molar-refractivity contribution is -0.139. The summed E-state index contributed by atoms with van der Waals surface area (Å²) >= 11 is 0. The Morgan fingerprint density at radius 3 is 2.53 bits per heavy atom. The third kappa shape index (κ3) is 2.55. The van der Waals surface area contributed by atoms with E-state index in [4.69, 9.17) is 6.42 Å². The van der Waals surface area contributed by atoms with Crippen LogP contribution in [0.2, 0.25) is 0 Å². The number of alkyl halides is 3. The van der Waals surface area contributed by atoms with Crippen LogP contribution in [0.25, 0.3) is 0 Å². The Hall–Kier alpha value is -2.03. The van der Waals surface area contributed by atoms with Crippen molar-refractivity contribution in [2.45, 2.75) is 12.6 Å². The zero-order valence-corrected chi connectivity index (χ0v) is 9.67. The first-order valence-corrected chi connectivity index (χ1v) is 5.46. The molecule has 1 saturated heterocycles. The van der Waals surface area contributed by atoms with Crippen LogP contribution in [0.3, 0.4) is 0 Å². The second-order valence-electron chi connectivity index (χ2n) is 4.23. The quantitative estimate of drug-likeness (QED) is 0.568. The predicted octanol–water partition coefficient (Wildman–Crippen LogP) is 2.83. The summed E-state index contributed by atoms with van der Waals surface area (Å²) in [4.78, 5) is 12.8. The van der Waals surface area contributed by atoms with Gasteiger partial charge in [-0.3, -0.25) is 4.79 Å². The van der Waals surface area contributed by atoms with Crippen molar-refractivity contribution in [3.05, 3.63) is 29.6 Å². The molecule has 1 atom stereocenters. The number of hydrogen-bond donors (Lipinski definition) is 0. The summed E-state index contributed by atoms with van der Waals surface area (Å²) in [5.74, 6) is 0.396. The number of carbonyl (C=O) groups excluding carboxylic acids is 1. The molecule has 1 amide bonds. The predicted molar refractivity (Wildman–Crippen MR) is 60.7 cm³/mol. The Bertz CT molecular complexity index is 559. The summed E-state index contributed by atoms with van der Waals surface area (Å²) in [7, 11) is 0. The van der Waals surface area contributed by atoms with Crippen LogP contribution < -0.4 is 4.90 Å². The van der Waals surface area contributed by atoms with Crippen LogP contribution in [-0.2, 0) is 11.0 Å². The minimum Gasteiger partial charge on any atom is -0.311 e. The standard InChI is InChI=1S/C13H9F4NO/c1-2-8-5-12(19)18(7-8)9-3-4-10(11(14)6-9)13(15,16)17/h1,3-4,6,8H,5,7H2. The molecule has 1 fully saturated rings. The molecule has 0 bridgehead atoms. The molecule has 0 N–H and O–H groups in total. The van der Waals surface area contributed by atoms with Gasteiger partial charge in [-0.05, 0) is 18.2 Å². The Morgan fingerprint density at radius 2 is 2.05 bits per heavy atom. The van der Waals surface area contributed by atoms with E-state index in [9.17, 15) is 22.4 Å². The molecule has 1 unspecified atom stereocenters. The highest BCUT2D eigenvalue weighted by molar-refractivity contribution is 5.96. The van der Waals surface area contributed by atoms with Gasteiger partial charge in [-0.15, -0.1) is 12.3 Å². The second-order valence-corrected chi connectivity index (χ2v) is 4.23. The van der Waals surface area contributed by atoms with E-state index in [2.05, 4.69) is 5.92 Å². The largest absolute Gasteiger partial charge is 0.419 e. The van der Waals surface area contributed by atoms with Gasteiger partial charge in [0.15, 0.2) is 0 Å². The van der Waals surface area contributed by atoms with Crippen molar-refractivity contribution in [3.63, 3.8) is 0 Å². The topological polar surface area (TPSA) is 20.3 Å². The number of rotatable bonds is 1. The number of anilines is 1. The molecule has 100 valence electrons. The maximum atomic E-state index is 13.4. The summed E-state index contributed by atoms with van der Waals surface area (Å²) in [6, 6.07) is 2.41. The molecule has 19 heavy (non-hydrogen) atoms. The summed E-state index contributed by atoms with van der Waals surface area (Å²) in [6.07, 6.45) is 0.569. The lowest BCUT2D eigenvalue weighted by Gasteiger charge is -2.17. The molecule has 1 aromatic rings. The highest BCUT2D eigenvalue weighted by atomic mass is 19.4. The molecule has 0 spiro atoms. The molecule has 1 aliphatic rings. The molecule has 0 saturated carbocycles. The average molecular weight is 271 g/mol. The van der Waals surface area contributed by atoms with Crippen LogP contribution in [0.15, 0.2) is 18.2 Å². The Morgan fingerprint density at radius 1 is 1.37 bits per heavy atom. The molecule has 0 radical (unpaired) electrons. The maximum absolute atomic E-state index is 13.4. The number of terminal acetylenes is 1. The van der Waals surface area contributed by atoms with E-state index >= 15 is 0 Å². The third-order valence-corrected chi connectivity index (χ3v) is 2.93. The normalized spacial score (nSPS) is 19.6. The van der Waals surface area contributed by atoms with Gasteiger partial charge in [-0.25, -0.2) is 4.39 Å². The molecule has 2 nitrogen and oxygen atoms in total. The van der Waals surface area contributed by atoms with Crippen molar-refractivity contribution in [3.8, 4) is 12.3 Å². The second kappa shape index (κ2) is 4.57. The summed E-state index contributed by atoms with van der Waals surface area (Å²) in [5.41, 5.74) is -1.26. The summed E-state index contributed by atoms with van der Waals surface area (Å²) in [6.45, 7) is 0.195. The summed E-state index contributed by atoms with van der Waals surface area (Å²) in [5, 5.41) is 0. The van der Waals surface area contributed by atoms with Crippen LogP contribution in [0, 0.1) is 24.1 Å². The fourth-order valence-corrected chi connectivity index (χ4v) is 1.97. The molecular formula is C13H9F4NO. The highest BCUT2D eigenvalue weighted by Crippen LogP contribution is 2.34. The van der Waals surface area contributed by atoms with Gasteiger partial charge in [0, 0.05) is 24.6 Å². The van der Waals surface area contributed by atoms with Crippen LogP contribution in [0.4, 0.5) is 23.2 Å². The average Bonchev–Trinajstić information content (AvgIpc) is 2.68. The van der Waals surface area contributed by atoms with E-state index in [-0.39, 0.29) is 30.5 Å². The third-order valence-electron chi connectivity index (χ3n) is 2.93. The van der Waals surface area contributed by atoms with Gasteiger partial charge in [0.25, 0.3) is 0 Å². The van der Waals surface area contributed by atoms with E-state index in [0.717, 1.165) is 6.07 Å². The van der Waals surface area contributed by atoms with Crippen molar-refractivity contribution >= 4 is 11.6 Å². The van der Waals surface area contributed by atoms with Gasteiger partial charge in [0.05, 0.1) is 5.56 Å². The number of benzene rings is 1. The zero-order valence-electron chi connectivity index (χ0n) is 9.67. The maximum Gasteiger partial charge on any atom is 0.419 e. The van der Waals surface area contributed by atoms with Crippen molar-refractivity contribution in [2.24, 2.45) is 5.92 Å². The monoisotopic (exact) mass is 271 g/mol. The molecule has 0 aromatic heterocycles. The molecular weight excluding hydrogens is 262 g/mol. The Balaban J connectivity index is 2.31. The van der Waals surface area contributed by atoms with E-state index in [1.807, 2.05) is 0 Å². The first kappa shape index (κ1) is 13.4. The Kier molecular flexibility index (Phi) is 3.23. The minimum absolute atomic E-state index is 0.0910. The highest BCUT2D eigenvalue weighted by Gasteiger charge is 2.35. The zero-order chi connectivity index (χ0) is 14.2. The first-order valence-electron chi connectivity index (χ1n) is 5.46. The SMILES string of the molecule is C#CC1CC(=O)N(c2ccc(C(F)(F)F)c(F)c2)C1. The van der Waals surface area contributed by atoms with Crippen LogP contribution in [-0.4, -0.2) is 12.5 Å². The number of hydrogen-bond acceptors (Lipinski definition) is 1. The lowest BCUT2D eigenvalue weighted by Crippen LogP contribution is -2.24. The lowest BCUT2D eigenvalue weighted by atomic mass is 10.1. The van der Waals surface area contributed by atoms with E-state index < -0.39 is 17.6 Å². The number of nitrogens with zero attached hydrogens (tertiary/aromatic N) is 1. The van der Waals surface area contributed by atoms with Gasteiger partial charge in [-0.1, -0.05) is 0 Å².